The van der Waals surface area contributed by atoms with Gasteiger partial charge in [0.25, 0.3) is 0 Å². The molecule has 0 N–H and O–H groups in total. The van der Waals surface area contributed by atoms with Gasteiger partial charge in [-0.2, -0.15) is 0 Å². The topological polar surface area (TPSA) is 35.5 Å². The monoisotopic (exact) mass is 338 g/mol. The van der Waals surface area contributed by atoms with Crippen LogP contribution in [0.3, 0.4) is 0 Å². The van der Waals surface area contributed by atoms with Crippen molar-refractivity contribution < 1.29 is 14.3 Å². The van der Waals surface area contributed by atoms with E-state index in [1.165, 1.54) is 19.6 Å². The lowest BCUT2D eigenvalue weighted by molar-refractivity contribution is -0.134. The van der Waals surface area contributed by atoms with Crippen LogP contribution in [0.5, 0.6) is 5.75 Å². The van der Waals surface area contributed by atoms with Gasteiger partial charge < -0.3 is 9.47 Å². The molecule has 132 valence electrons. The van der Waals surface area contributed by atoms with E-state index in [2.05, 4.69) is 30.7 Å². The van der Waals surface area contributed by atoms with E-state index < -0.39 is 0 Å². The molecule has 25 heavy (non-hydrogen) atoms. The van der Waals surface area contributed by atoms with Crippen molar-refractivity contribution in [2.24, 2.45) is 5.92 Å². The number of benzene rings is 2. The molecule has 0 aliphatic rings. The van der Waals surface area contributed by atoms with Crippen LogP contribution in [0.4, 0.5) is 0 Å². The van der Waals surface area contributed by atoms with Gasteiger partial charge in [-0.1, -0.05) is 50.2 Å². The smallest absolute Gasteiger partial charge is 0.330 e. The van der Waals surface area contributed by atoms with Crippen molar-refractivity contribution in [3.05, 3.63) is 60.2 Å². The fraction of sp³-hybridized carbons (Fsp3) is 0.318. The highest BCUT2D eigenvalue weighted by molar-refractivity contribution is 5.87. The van der Waals surface area contributed by atoms with E-state index in [0.717, 1.165) is 41.4 Å². The Bertz CT molecular complexity index is 682. The molecule has 3 nitrogen and oxygen atoms in total. The molecule has 0 aliphatic carbocycles. The Hall–Kier alpha value is -2.55. The first-order chi connectivity index (χ1) is 12.1. The molecule has 3 heteroatoms. The second kappa shape index (κ2) is 9.67. The molecule has 0 unspecified atom stereocenters. The fourth-order valence-corrected chi connectivity index (χ4v) is 2.44. The van der Waals surface area contributed by atoms with Gasteiger partial charge in [0.05, 0.1) is 13.7 Å². The van der Waals surface area contributed by atoms with Crippen LogP contribution in [0.15, 0.2) is 54.6 Å². The van der Waals surface area contributed by atoms with Crippen molar-refractivity contribution in [1.29, 1.82) is 0 Å². The van der Waals surface area contributed by atoms with Crippen LogP contribution in [0.1, 0.15) is 32.3 Å². The molecular weight excluding hydrogens is 312 g/mol. The molecular formula is C22H26O3. The van der Waals surface area contributed by atoms with Crippen LogP contribution in [-0.4, -0.2) is 19.7 Å². The summed E-state index contributed by atoms with van der Waals surface area (Å²) < 4.78 is 10.4. The van der Waals surface area contributed by atoms with E-state index in [9.17, 15) is 4.79 Å². The Morgan fingerprint density at radius 1 is 1.00 bits per heavy atom. The Kier molecular flexibility index (Phi) is 7.27. The third kappa shape index (κ3) is 6.46. The third-order valence-electron chi connectivity index (χ3n) is 3.91. The highest BCUT2D eigenvalue weighted by Gasteiger charge is 2.00. The molecule has 0 spiro atoms. The van der Waals surface area contributed by atoms with Crippen molar-refractivity contribution in [2.75, 3.05) is 13.7 Å². The van der Waals surface area contributed by atoms with Gasteiger partial charge in [0.1, 0.15) is 5.75 Å². The summed E-state index contributed by atoms with van der Waals surface area (Å²) in [6.45, 7) is 5.22. The first kappa shape index (κ1) is 18.8. The lowest BCUT2D eigenvalue weighted by Crippen LogP contribution is -1.99. The maximum absolute atomic E-state index is 11.1. The van der Waals surface area contributed by atoms with Gasteiger partial charge in [-0.05, 0) is 53.7 Å². The van der Waals surface area contributed by atoms with Crippen molar-refractivity contribution in [3.63, 3.8) is 0 Å². The van der Waals surface area contributed by atoms with E-state index in [4.69, 9.17) is 4.74 Å². The van der Waals surface area contributed by atoms with Gasteiger partial charge in [-0.25, -0.2) is 4.79 Å². The molecule has 0 amide bonds. The second-order valence-corrected chi connectivity index (χ2v) is 6.39. The van der Waals surface area contributed by atoms with Crippen LogP contribution in [0.25, 0.3) is 17.2 Å². The van der Waals surface area contributed by atoms with Crippen LogP contribution >= 0.6 is 0 Å². The molecule has 0 saturated heterocycles. The Balaban J connectivity index is 1.93. The number of hydrogen-bond donors (Lipinski definition) is 0. The Morgan fingerprint density at radius 3 is 2.16 bits per heavy atom. The number of carbonyl (C=O) groups excluding carboxylic acids is 1. The molecule has 0 saturated carbocycles. The minimum Gasteiger partial charge on any atom is -0.494 e. The summed E-state index contributed by atoms with van der Waals surface area (Å²) in [5.41, 5.74) is 3.22. The number of methoxy groups -OCH3 is 1. The first-order valence-corrected chi connectivity index (χ1v) is 8.68. The molecule has 0 aromatic heterocycles. The quantitative estimate of drug-likeness (QED) is 0.369. The molecule has 2 aromatic rings. The molecule has 0 aliphatic heterocycles. The fourth-order valence-electron chi connectivity index (χ4n) is 2.44. The van der Waals surface area contributed by atoms with Gasteiger partial charge in [0.2, 0.25) is 0 Å². The van der Waals surface area contributed by atoms with E-state index in [1.54, 1.807) is 6.08 Å². The summed E-state index contributed by atoms with van der Waals surface area (Å²) in [5.74, 6) is 1.27. The van der Waals surface area contributed by atoms with Gasteiger partial charge in [-0.15, -0.1) is 0 Å². The summed E-state index contributed by atoms with van der Waals surface area (Å²) in [7, 11) is 1.37. The van der Waals surface area contributed by atoms with Gasteiger partial charge >= 0.3 is 5.97 Å². The number of rotatable bonds is 8. The van der Waals surface area contributed by atoms with E-state index in [-0.39, 0.29) is 5.97 Å². The zero-order valence-corrected chi connectivity index (χ0v) is 15.2. The van der Waals surface area contributed by atoms with Crippen LogP contribution in [0.2, 0.25) is 0 Å². The second-order valence-electron chi connectivity index (χ2n) is 6.39. The van der Waals surface area contributed by atoms with Gasteiger partial charge in [-0.3, -0.25) is 0 Å². The normalized spacial score (nSPS) is 11.0. The molecule has 2 rings (SSSR count). The average Bonchev–Trinajstić information content (AvgIpc) is 2.64. The van der Waals surface area contributed by atoms with Gasteiger partial charge in [0, 0.05) is 6.08 Å². The van der Waals surface area contributed by atoms with Crippen LogP contribution in [-0.2, 0) is 9.53 Å². The maximum atomic E-state index is 11.1. The van der Waals surface area contributed by atoms with E-state index in [1.807, 2.05) is 36.4 Å². The molecule has 2 aromatic carbocycles. The summed E-state index contributed by atoms with van der Waals surface area (Å²) in [5, 5.41) is 0. The van der Waals surface area contributed by atoms with Crippen molar-refractivity contribution in [1.82, 2.24) is 0 Å². The lowest BCUT2D eigenvalue weighted by atomic mass is 10.0. The van der Waals surface area contributed by atoms with Gasteiger partial charge in [0.15, 0.2) is 0 Å². The zero-order chi connectivity index (χ0) is 18.1. The summed E-state index contributed by atoms with van der Waals surface area (Å²) >= 11 is 0. The predicted octanol–water partition coefficient (Wildman–Crippen LogP) is 5.35. The van der Waals surface area contributed by atoms with E-state index >= 15 is 0 Å². The van der Waals surface area contributed by atoms with E-state index in [0.29, 0.717) is 0 Å². The average molecular weight is 338 g/mol. The van der Waals surface area contributed by atoms with Crippen molar-refractivity contribution >= 4 is 12.0 Å². The summed E-state index contributed by atoms with van der Waals surface area (Å²) in [6, 6.07) is 16.2. The van der Waals surface area contributed by atoms with Crippen molar-refractivity contribution in [3.8, 4) is 16.9 Å². The highest BCUT2D eigenvalue weighted by atomic mass is 16.5. The SMILES string of the molecule is COC(=O)/C=C/c1ccc(-c2ccc(OCCCC(C)C)cc2)cc1. The maximum Gasteiger partial charge on any atom is 0.330 e. The largest absolute Gasteiger partial charge is 0.494 e. The summed E-state index contributed by atoms with van der Waals surface area (Å²) in [6.07, 6.45) is 5.43. The lowest BCUT2D eigenvalue weighted by Gasteiger charge is -2.09. The highest BCUT2D eigenvalue weighted by Crippen LogP contribution is 2.23. The molecule has 0 radical (unpaired) electrons. The third-order valence-corrected chi connectivity index (χ3v) is 3.91. The van der Waals surface area contributed by atoms with Crippen molar-refractivity contribution in [2.45, 2.75) is 26.7 Å². The molecule has 0 atom stereocenters. The molecule has 0 heterocycles. The Morgan fingerprint density at radius 2 is 1.60 bits per heavy atom. The zero-order valence-electron chi connectivity index (χ0n) is 15.2. The van der Waals surface area contributed by atoms with Crippen LogP contribution < -0.4 is 4.74 Å². The number of esters is 1. The summed E-state index contributed by atoms with van der Waals surface area (Å²) in [4.78, 5) is 11.1. The van der Waals surface area contributed by atoms with Crippen LogP contribution in [0, 0.1) is 5.92 Å². The Labute approximate surface area is 150 Å². The number of hydrogen-bond acceptors (Lipinski definition) is 3. The minimum absolute atomic E-state index is 0.354. The molecule has 0 bridgehead atoms. The number of ether oxygens (including phenoxy) is 2. The standard InChI is InChI=1S/C22H26O3/c1-17(2)5-4-16-25-21-13-11-20(12-14-21)19-9-6-18(7-10-19)8-15-22(23)24-3/h6-15,17H,4-5,16H2,1-3H3/b15-8+. The minimum atomic E-state index is -0.354. The number of carbonyl (C=O) groups is 1. The first-order valence-electron chi connectivity index (χ1n) is 8.68. The predicted molar refractivity (Wildman–Crippen MR) is 102 cm³/mol. The molecule has 0 fully saturated rings.